The summed E-state index contributed by atoms with van der Waals surface area (Å²) >= 11 is 3.31. The zero-order valence-electron chi connectivity index (χ0n) is 17.0. The lowest BCUT2D eigenvalue weighted by Crippen LogP contribution is -2.15. The average molecular weight is 490 g/mol. The number of benzene rings is 3. The van der Waals surface area contributed by atoms with Gasteiger partial charge in [0.1, 0.15) is 0 Å². The largest absolute Gasteiger partial charge is 0.449 e. The highest BCUT2D eigenvalue weighted by Gasteiger charge is 2.08. The molecule has 0 radical (unpaired) electrons. The predicted octanol–water partition coefficient (Wildman–Crippen LogP) is 6.04. The van der Waals surface area contributed by atoms with E-state index in [1.54, 1.807) is 12.3 Å². The van der Waals surface area contributed by atoms with Crippen LogP contribution in [0.2, 0.25) is 0 Å². The standard InChI is InChI=1S/C25H20BrN3O3/c26-20-14-19(15-27-16-20)24(30)28-21-10-8-17(9-11-21)12-13-32-25(31)29-23-7-3-5-18-4-1-2-6-22(18)23/h1-11,14-16H,12-13H2,(H,28,30)(H,29,31). The van der Waals surface area contributed by atoms with Gasteiger partial charge in [-0.1, -0.05) is 48.5 Å². The summed E-state index contributed by atoms with van der Waals surface area (Å²) in [5, 5.41) is 7.65. The van der Waals surface area contributed by atoms with Gasteiger partial charge >= 0.3 is 6.09 Å². The highest BCUT2D eigenvalue weighted by atomic mass is 79.9. The number of nitrogens with zero attached hydrogens (tertiary/aromatic N) is 1. The topological polar surface area (TPSA) is 80.3 Å². The first kappa shape index (κ1) is 21.5. The van der Waals surface area contributed by atoms with Gasteiger partial charge in [-0.2, -0.15) is 0 Å². The van der Waals surface area contributed by atoms with Crippen molar-refractivity contribution < 1.29 is 14.3 Å². The Morgan fingerprint density at radius 3 is 2.50 bits per heavy atom. The van der Waals surface area contributed by atoms with Crippen molar-refractivity contribution in [3.8, 4) is 0 Å². The van der Waals surface area contributed by atoms with Crippen LogP contribution in [0.3, 0.4) is 0 Å². The second-order valence-corrected chi connectivity index (χ2v) is 8.00. The van der Waals surface area contributed by atoms with E-state index in [9.17, 15) is 9.59 Å². The van der Waals surface area contributed by atoms with Crippen LogP contribution in [0.25, 0.3) is 10.8 Å². The van der Waals surface area contributed by atoms with Crippen molar-refractivity contribution in [1.82, 2.24) is 4.98 Å². The van der Waals surface area contributed by atoms with Gasteiger partial charge in [-0.05, 0) is 51.1 Å². The van der Waals surface area contributed by atoms with E-state index < -0.39 is 6.09 Å². The normalized spacial score (nSPS) is 10.5. The molecule has 32 heavy (non-hydrogen) atoms. The van der Waals surface area contributed by atoms with Crippen LogP contribution in [0.1, 0.15) is 15.9 Å². The van der Waals surface area contributed by atoms with Crippen molar-refractivity contribution in [1.29, 1.82) is 0 Å². The summed E-state index contributed by atoms with van der Waals surface area (Å²) in [5.74, 6) is -0.236. The summed E-state index contributed by atoms with van der Waals surface area (Å²) in [6.45, 7) is 0.242. The molecule has 6 nitrogen and oxygen atoms in total. The minimum atomic E-state index is -0.493. The maximum Gasteiger partial charge on any atom is 0.411 e. The Kier molecular flexibility index (Phi) is 6.77. The molecule has 1 heterocycles. The zero-order valence-corrected chi connectivity index (χ0v) is 18.6. The number of hydrogen-bond acceptors (Lipinski definition) is 4. The molecule has 2 amide bonds. The summed E-state index contributed by atoms with van der Waals surface area (Å²) in [4.78, 5) is 28.5. The highest BCUT2D eigenvalue weighted by molar-refractivity contribution is 9.10. The van der Waals surface area contributed by atoms with E-state index in [0.717, 1.165) is 20.8 Å². The number of carbonyl (C=O) groups excluding carboxylic acids is 2. The van der Waals surface area contributed by atoms with Gasteiger partial charge < -0.3 is 10.1 Å². The van der Waals surface area contributed by atoms with Crippen LogP contribution in [0.15, 0.2) is 89.7 Å². The minimum Gasteiger partial charge on any atom is -0.449 e. The lowest BCUT2D eigenvalue weighted by atomic mass is 10.1. The molecule has 0 atom stereocenters. The van der Waals surface area contributed by atoms with Gasteiger partial charge in [0.05, 0.1) is 17.9 Å². The van der Waals surface area contributed by atoms with Crippen LogP contribution in [-0.2, 0) is 11.2 Å². The molecule has 0 aliphatic carbocycles. The van der Waals surface area contributed by atoms with Gasteiger partial charge in [0.15, 0.2) is 0 Å². The van der Waals surface area contributed by atoms with E-state index in [0.29, 0.717) is 23.4 Å². The zero-order chi connectivity index (χ0) is 22.3. The molecule has 1 aromatic heterocycles. The number of amides is 2. The number of pyridine rings is 1. The molecule has 0 fully saturated rings. The maximum atomic E-state index is 12.3. The SMILES string of the molecule is O=C(Nc1cccc2ccccc12)OCCc1ccc(NC(=O)c2cncc(Br)c2)cc1. The lowest BCUT2D eigenvalue weighted by Gasteiger charge is -2.10. The smallest absolute Gasteiger partial charge is 0.411 e. The Hall–Kier alpha value is -3.71. The molecule has 4 aromatic rings. The Bertz CT molecular complexity index is 1250. The number of rotatable bonds is 6. The minimum absolute atomic E-state index is 0.236. The lowest BCUT2D eigenvalue weighted by molar-refractivity contribution is 0.102. The number of ether oxygens (including phenoxy) is 1. The number of nitrogens with one attached hydrogen (secondary N) is 2. The summed E-state index contributed by atoms with van der Waals surface area (Å²) < 4.78 is 6.07. The third-order valence-electron chi connectivity index (χ3n) is 4.83. The first-order valence-corrected chi connectivity index (χ1v) is 10.8. The highest BCUT2D eigenvalue weighted by Crippen LogP contribution is 2.23. The van der Waals surface area contributed by atoms with E-state index in [2.05, 4.69) is 31.5 Å². The molecule has 160 valence electrons. The fourth-order valence-corrected chi connectivity index (χ4v) is 3.60. The third-order valence-corrected chi connectivity index (χ3v) is 5.26. The van der Waals surface area contributed by atoms with Crippen molar-refractivity contribution >= 4 is 50.1 Å². The van der Waals surface area contributed by atoms with Gasteiger partial charge in [0.2, 0.25) is 0 Å². The number of fused-ring (bicyclic) bond motifs is 1. The molecule has 0 aliphatic rings. The number of halogens is 1. The van der Waals surface area contributed by atoms with Crippen molar-refractivity contribution in [2.45, 2.75) is 6.42 Å². The van der Waals surface area contributed by atoms with E-state index in [4.69, 9.17) is 4.74 Å². The van der Waals surface area contributed by atoms with Gasteiger partial charge in [-0.15, -0.1) is 0 Å². The molecule has 7 heteroatoms. The molecule has 0 unspecified atom stereocenters. The van der Waals surface area contributed by atoms with Gasteiger partial charge in [0.25, 0.3) is 5.91 Å². The van der Waals surface area contributed by atoms with Crippen molar-refractivity contribution in [3.05, 3.63) is 101 Å². The van der Waals surface area contributed by atoms with Gasteiger partial charge in [-0.3, -0.25) is 15.1 Å². The van der Waals surface area contributed by atoms with Crippen LogP contribution >= 0.6 is 15.9 Å². The number of aromatic nitrogens is 1. The molecule has 2 N–H and O–H groups in total. The Morgan fingerprint density at radius 1 is 0.906 bits per heavy atom. The quantitative estimate of drug-likeness (QED) is 0.345. The van der Waals surface area contributed by atoms with Gasteiger partial charge in [-0.25, -0.2) is 4.79 Å². The third kappa shape index (κ3) is 5.50. The van der Waals surface area contributed by atoms with E-state index in [1.807, 2.05) is 66.7 Å². The monoisotopic (exact) mass is 489 g/mol. The van der Waals surface area contributed by atoms with Crippen LogP contribution in [0.5, 0.6) is 0 Å². The second kappa shape index (κ2) is 10.1. The molecular formula is C25H20BrN3O3. The number of anilines is 2. The summed E-state index contributed by atoms with van der Waals surface area (Å²) in [7, 11) is 0. The molecule has 3 aromatic carbocycles. The first-order valence-electron chi connectivity index (χ1n) is 10.0. The molecule has 0 spiro atoms. The molecule has 0 saturated carbocycles. The Balaban J connectivity index is 1.27. The van der Waals surface area contributed by atoms with Crippen LogP contribution in [0.4, 0.5) is 16.2 Å². The van der Waals surface area contributed by atoms with E-state index >= 15 is 0 Å². The first-order chi connectivity index (χ1) is 15.6. The fourth-order valence-electron chi connectivity index (χ4n) is 3.24. The number of carbonyl (C=O) groups is 2. The summed E-state index contributed by atoms with van der Waals surface area (Å²) in [6, 6.07) is 22.7. The molecule has 0 saturated heterocycles. The Morgan fingerprint density at radius 2 is 1.69 bits per heavy atom. The van der Waals surface area contributed by atoms with Crippen LogP contribution < -0.4 is 10.6 Å². The molecule has 4 rings (SSSR count). The molecule has 0 aliphatic heterocycles. The summed E-state index contributed by atoms with van der Waals surface area (Å²) in [5.41, 5.74) is 2.85. The average Bonchev–Trinajstić information content (AvgIpc) is 2.80. The van der Waals surface area contributed by atoms with Gasteiger partial charge in [0, 0.05) is 34.4 Å². The van der Waals surface area contributed by atoms with E-state index in [-0.39, 0.29) is 12.5 Å². The predicted molar refractivity (Wildman–Crippen MR) is 129 cm³/mol. The maximum absolute atomic E-state index is 12.3. The van der Waals surface area contributed by atoms with E-state index in [1.165, 1.54) is 6.20 Å². The molecule has 0 bridgehead atoms. The fraction of sp³-hybridized carbons (Fsp3) is 0.0800. The van der Waals surface area contributed by atoms with Crippen LogP contribution in [0, 0.1) is 0 Å². The second-order valence-electron chi connectivity index (χ2n) is 7.08. The molecular weight excluding hydrogens is 470 g/mol. The van der Waals surface area contributed by atoms with Crippen molar-refractivity contribution in [2.75, 3.05) is 17.2 Å². The van der Waals surface area contributed by atoms with Crippen molar-refractivity contribution in [2.24, 2.45) is 0 Å². The Labute approximate surface area is 193 Å². The van der Waals surface area contributed by atoms with Crippen LogP contribution in [-0.4, -0.2) is 23.6 Å². The summed E-state index contributed by atoms with van der Waals surface area (Å²) in [6.07, 6.45) is 3.20. The number of hydrogen-bond donors (Lipinski definition) is 2. The van der Waals surface area contributed by atoms with Crippen molar-refractivity contribution in [3.63, 3.8) is 0 Å².